The Morgan fingerprint density at radius 2 is 1.90 bits per heavy atom. The molecule has 0 atom stereocenters. The fourth-order valence-electron chi connectivity index (χ4n) is 1.97. The molecular formula is C14H13N3O4. The Morgan fingerprint density at radius 3 is 2.43 bits per heavy atom. The molecule has 7 heteroatoms. The molecule has 0 aliphatic rings. The standard InChI is InChI=1S/C14H13N3O4/c1-9-7-10(2)16(14(19)15-9)8-13(18)11-3-5-12(6-4-11)17(20)21/h3-7H,8H2,1-2H3. The summed E-state index contributed by atoms with van der Waals surface area (Å²) in [7, 11) is 0. The number of hydrogen-bond acceptors (Lipinski definition) is 5. The van der Waals surface area contributed by atoms with E-state index in [1.54, 1.807) is 19.9 Å². The second kappa shape index (κ2) is 5.66. The lowest BCUT2D eigenvalue weighted by atomic mass is 10.1. The highest BCUT2D eigenvalue weighted by Crippen LogP contribution is 2.13. The SMILES string of the molecule is Cc1cc(C)n(CC(=O)c2ccc([N+](=O)[O-])cc2)c(=O)n1. The molecule has 0 saturated heterocycles. The molecule has 0 spiro atoms. The van der Waals surface area contributed by atoms with E-state index in [1.165, 1.54) is 28.8 Å². The molecule has 0 aliphatic heterocycles. The number of Topliss-reactive ketones (excluding diaryl/α,β-unsaturated/α-hetero) is 1. The highest BCUT2D eigenvalue weighted by atomic mass is 16.6. The van der Waals surface area contributed by atoms with Crippen molar-refractivity contribution in [3.05, 3.63) is 67.9 Å². The van der Waals surface area contributed by atoms with Crippen LogP contribution in [-0.2, 0) is 6.54 Å². The molecular weight excluding hydrogens is 274 g/mol. The Hall–Kier alpha value is -2.83. The van der Waals surface area contributed by atoms with Crippen molar-refractivity contribution in [3.63, 3.8) is 0 Å². The summed E-state index contributed by atoms with van der Waals surface area (Å²) in [6, 6.07) is 6.99. The summed E-state index contributed by atoms with van der Waals surface area (Å²) in [5.41, 5.74) is 0.978. The van der Waals surface area contributed by atoms with Gasteiger partial charge in [0.1, 0.15) is 0 Å². The molecule has 2 rings (SSSR count). The van der Waals surface area contributed by atoms with E-state index >= 15 is 0 Å². The summed E-state index contributed by atoms with van der Waals surface area (Å²) in [6.07, 6.45) is 0. The molecule has 0 radical (unpaired) electrons. The van der Waals surface area contributed by atoms with Crippen LogP contribution in [0.15, 0.2) is 35.1 Å². The van der Waals surface area contributed by atoms with Crippen molar-refractivity contribution in [3.8, 4) is 0 Å². The minimum Gasteiger partial charge on any atom is -0.292 e. The van der Waals surface area contributed by atoms with E-state index in [1.807, 2.05) is 0 Å². The van der Waals surface area contributed by atoms with Crippen LogP contribution in [0.4, 0.5) is 5.69 Å². The smallest absolute Gasteiger partial charge is 0.292 e. The van der Waals surface area contributed by atoms with Crippen LogP contribution in [0.5, 0.6) is 0 Å². The van der Waals surface area contributed by atoms with Gasteiger partial charge in [-0.15, -0.1) is 0 Å². The summed E-state index contributed by atoms with van der Waals surface area (Å²) in [4.78, 5) is 37.7. The minimum atomic E-state index is -0.535. The number of ketones is 1. The molecule has 108 valence electrons. The number of carbonyl (C=O) groups is 1. The van der Waals surface area contributed by atoms with Crippen LogP contribution in [0.25, 0.3) is 0 Å². The number of non-ortho nitro benzene ring substituents is 1. The van der Waals surface area contributed by atoms with Crippen LogP contribution >= 0.6 is 0 Å². The highest BCUT2D eigenvalue weighted by molar-refractivity contribution is 5.96. The molecule has 0 saturated carbocycles. The summed E-state index contributed by atoms with van der Waals surface area (Å²) >= 11 is 0. The first-order valence-electron chi connectivity index (χ1n) is 6.21. The van der Waals surface area contributed by atoms with Gasteiger partial charge in [0.15, 0.2) is 5.78 Å². The third-order valence-electron chi connectivity index (χ3n) is 3.05. The van der Waals surface area contributed by atoms with Crippen molar-refractivity contribution < 1.29 is 9.72 Å². The second-order valence-corrected chi connectivity index (χ2v) is 4.63. The van der Waals surface area contributed by atoms with Crippen LogP contribution in [0.3, 0.4) is 0 Å². The van der Waals surface area contributed by atoms with E-state index in [2.05, 4.69) is 4.98 Å². The number of nitro benzene ring substituents is 1. The van der Waals surface area contributed by atoms with Crippen LogP contribution < -0.4 is 5.69 Å². The van der Waals surface area contributed by atoms with Gasteiger partial charge in [0, 0.05) is 29.1 Å². The normalized spacial score (nSPS) is 10.4. The summed E-state index contributed by atoms with van der Waals surface area (Å²) in [6.45, 7) is 3.28. The number of aryl methyl sites for hydroxylation is 2. The predicted molar refractivity (Wildman–Crippen MR) is 75.4 cm³/mol. The van der Waals surface area contributed by atoms with Gasteiger partial charge in [0.05, 0.1) is 11.5 Å². The third kappa shape index (κ3) is 3.19. The number of aromatic nitrogens is 2. The van der Waals surface area contributed by atoms with Crippen molar-refractivity contribution in [1.29, 1.82) is 0 Å². The highest BCUT2D eigenvalue weighted by Gasteiger charge is 2.12. The molecule has 21 heavy (non-hydrogen) atoms. The Labute approximate surface area is 120 Å². The van der Waals surface area contributed by atoms with Crippen molar-refractivity contribution in [2.24, 2.45) is 0 Å². The summed E-state index contributed by atoms with van der Waals surface area (Å²) in [5, 5.41) is 10.6. The van der Waals surface area contributed by atoms with Gasteiger partial charge >= 0.3 is 5.69 Å². The van der Waals surface area contributed by atoms with Crippen molar-refractivity contribution in [2.45, 2.75) is 20.4 Å². The lowest BCUT2D eigenvalue weighted by Crippen LogP contribution is -2.28. The van der Waals surface area contributed by atoms with E-state index in [0.29, 0.717) is 17.0 Å². The zero-order valence-electron chi connectivity index (χ0n) is 11.6. The Kier molecular flexibility index (Phi) is 3.93. The lowest BCUT2D eigenvalue weighted by molar-refractivity contribution is -0.384. The zero-order chi connectivity index (χ0) is 15.6. The van der Waals surface area contributed by atoms with E-state index in [-0.39, 0.29) is 18.0 Å². The Balaban J connectivity index is 2.26. The average molecular weight is 287 g/mol. The van der Waals surface area contributed by atoms with Gasteiger partial charge in [-0.3, -0.25) is 19.5 Å². The molecule has 2 aromatic rings. The monoisotopic (exact) mass is 287 g/mol. The zero-order valence-corrected chi connectivity index (χ0v) is 11.6. The van der Waals surface area contributed by atoms with Gasteiger partial charge in [-0.05, 0) is 32.0 Å². The number of carbonyl (C=O) groups excluding carboxylic acids is 1. The largest absolute Gasteiger partial charge is 0.348 e. The number of nitro groups is 1. The van der Waals surface area contributed by atoms with Gasteiger partial charge in [-0.1, -0.05) is 0 Å². The molecule has 7 nitrogen and oxygen atoms in total. The topological polar surface area (TPSA) is 95.1 Å². The molecule has 1 aromatic heterocycles. The maximum atomic E-state index is 12.1. The van der Waals surface area contributed by atoms with E-state index in [0.717, 1.165) is 0 Å². The molecule has 0 N–H and O–H groups in total. The third-order valence-corrected chi connectivity index (χ3v) is 3.05. The van der Waals surface area contributed by atoms with Crippen molar-refractivity contribution in [1.82, 2.24) is 9.55 Å². The fourth-order valence-corrected chi connectivity index (χ4v) is 1.97. The predicted octanol–water partition coefficient (Wildman–Crippen LogP) is 1.65. The van der Waals surface area contributed by atoms with E-state index < -0.39 is 10.6 Å². The molecule has 0 fully saturated rings. The van der Waals surface area contributed by atoms with Crippen LogP contribution in [0, 0.1) is 24.0 Å². The van der Waals surface area contributed by atoms with Gasteiger partial charge in [0.2, 0.25) is 0 Å². The minimum absolute atomic E-state index is 0.0862. The summed E-state index contributed by atoms with van der Waals surface area (Å²) < 4.78 is 1.27. The molecule has 0 bridgehead atoms. The number of benzene rings is 1. The van der Waals surface area contributed by atoms with Crippen LogP contribution in [0.1, 0.15) is 21.7 Å². The van der Waals surface area contributed by atoms with E-state index in [9.17, 15) is 19.7 Å². The quantitative estimate of drug-likeness (QED) is 0.484. The average Bonchev–Trinajstić information content (AvgIpc) is 2.42. The second-order valence-electron chi connectivity index (χ2n) is 4.63. The maximum absolute atomic E-state index is 12.1. The van der Waals surface area contributed by atoms with E-state index in [4.69, 9.17) is 0 Å². The number of hydrogen-bond donors (Lipinski definition) is 0. The maximum Gasteiger partial charge on any atom is 0.348 e. The van der Waals surface area contributed by atoms with Crippen molar-refractivity contribution in [2.75, 3.05) is 0 Å². The Bertz CT molecular complexity index is 763. The van der Waals surface area contributed by atoms with Gasteiger partial charge in [-0.25, -0.2) is 4.79 Å². The first kappa shape index (κ1) is 14.6. The van der Waals surface area contributed by atoms with Crippen LogP contribution in [0.2, 0.25) is 0 Å². The van der Waals surface area contributed by atoms with Gasteiger partial charge in [0.25, 0.3) is 5.69 Å². The molecule has 0 unspecified atom stereocenters. The molecule has 1 aromatic carbocycles. The Morgan fingerprint density at radius 1 is 1.29 bits per heavy atom. The molecule has 0 aliphatic carbocycles. The van der Waals surface area contributed by atoms with Crippen molar-refractivity contribution >= 4 is 11.5 Å². The first-order valence-corrected chi connectivity index (χ1v) is 6.21. The van der Waals surface area contributed by atoms with Gasteiger partial charge in [-0.2, -0.15) is 4.98 Å². The van der Waals surface area contributed by atoms with Crippen LogP contribution in [-0.4, -0.2) is 20.3 Å². The molecule has 0 amide bonds. The fraction of sp³-hybridized carbons (Fsp3) is 0.214. The lowest BCUT2D eigenvalue weighted by Gasteiger charge is -2.08. The first-order chi connectivity index (χ1) is 9.88. The number of nitrogens with zero attached hydrogens (tertiary/aromatic N) is 3. The number of rotatable bonds is 4. The molecule has 1 heterocycles. The van der Waals surface area contributed by atoms with Gasteiger partial charge < -0.3 is 0 Å². The summed E-state index contributed by atoms with van der Waals surface area (Å²) in [5.74, 6) is -0.305.